The normalized spacial score (nSPS) is 19.0. The van der Waals surface area contributed by atoms with Gasteiger partial charge in [0.15, 0.2) is 11.6 Å². The van der Waals surface area contributed by atoms with Gasteiger partial charge >= 0.3 is 0 Å². The minimum absolute atomic E-state index is 0.123. The summed E-state index contributed by atoms with van der Waals surface area (Å²) in [4.78, 5) is 24.9. The fourth-order valence-electron chi connectivity index (χ4n) is 2.39. The second-order valence-electron chi connectivity index (χ2n) is 4.77. The summed E-state index contributed by atoms with van der Waals surface area (Å²) in [5, 5.41) is 0. The monoisotopic (exact) mass is 267 g/mol. The van der Waals surface area contributed by atoms with E-state index in [-0.39, 0.29) is 17.4 Å². The van der Waals surface area contributed by atoms with Crippen LogP contribution in [0.15, 0.2) is 18.2 Å². The number of amides is 2. The highest BCUT2D eigenvalue weighted by Gasteiger charge is 2.34. The Balaban J connectivity index is 2.20. The van der Waals surface area contributed by atoms with E-state index in [1.807, 2.05) is 6.92 Å². The van der Waals surface area contributed by atoms with E-state index < -0.39 is 17.5 Å². The van der Waals surface area contributed by atoms with Crippen LogP contribution in [0.1, 0.15) is 36.5 Å². The second kappa shape index (κ2) is 5.47. The second-order valence-corrected chi connectivity index (χ2v) is 4.77. The van der Waals surface area contributed by atoms with Crippen molar-refractivity contribution in [3.05, 3.63) is 35.4 Å². The van der Waals surface area contributed by atoms with E-state index >= 15 is 0 Å². The molecule has 0 radical (unpaired) electrons. The van der Waals surface area contributed by atoms with Crippen LogP contribution in [-0.2, 0) is 4.79 Å². The van der Waals surface area contributed by atoms with Gasteiger partial charge in [-0.05, 0) is 24.5 Å². The Kier molecular flexibility index (Phi) is 3.93. The zero-order valence-corrected chi connectivity index (χ0v) is 10.7. The Hall–Kier alpha value is -1.78. The molecule has 1 aliphatic rings. The summed E-state index contributed by atoms with van der Waals surface area (Å²) in [6.07, 6.45) is 2.08. The lowest BCUT2D eigenvalue weighted by Crippen LogP contribution is -2.33. The molecule has 2 rings (SSSR count). The molecule has 1 aromatic carbocycles. The molecule has 0 bridgehead atoms. The Morgan fingerprint density at radius 3 is 2.84 bits per heavy atom. The van der Waals surface area contributed by atoms with Crippen molar-refractivity contribution in [2.75, 3.05) is 6.54 Å². The molecule has 19 heavy (non-hydrogen) atoms. The van der Waals surface area contributed by atoms with Crippen molar-refractivity contribution in [2.24, 2.45) is 5.92 Å². The molecule has 0 aromatic heterocycles. The van der Waals surface area contributed by atoms with Crippen molar-refractivity contribution in [1.29, 1.82) is 0 Å². The van der Waals surface area contributed by atoms with Gasteiger partial charge in [0, 0.05) is 13.0 Å². The third kappa shape index (κ3) is 2.64. The first kappa shape index (κ1) is 13.6. The van der Waals surface area contributed by atoms with E-state index in [1.54, 1.807) is 0 Å². The van der Waals surface area contributed by atoms with Crippen molar-refractivity contribution in [3.8, 4) is 0 Å². The van der Waals surface area contributed by atoms with E-state index in [0.717, 1.165) is 23.8 Å². The first-order valence-electron chi connectivity index (χ1n) is 6.33. The van der Waals surface area contributed by atoms with E-state index in [0.29, 0.717) is 13.0 Å². The van der Waals surface area contributed by atoms with Crippen molar-refractivity contribution >= 4 is 11.8 Å². The van der Waals surface area contributed by atoms with Crippen LogP contribution in [0.25, 0.3) is 0 Å². The average Bonchev–Trinajstić information content (AvgIpc) is 2.73. The van der Waals surface area contributed by atoms with Crippen LogP contribution in [0.3, 0.4) is 0 Å². The van der Waals surface area contributed by atoms with Crippen LogP contribution in [0, 0.1) is 17.6 Å². The van der Waals surface area contributed by atoms with Crippen molar-refractivity contribution in [1.82, 2.24) is 4.90 Å². The minimum Gasteiger partial charge on any atom is -0.278 e. The fourth-order valence-corrected chi connectivity index (χ4v) is 2.39. The van der Waals surface area contributed by atoms with Gasteiger partial charge in [-0.15, -0.1) is 0 Å². The molecule has 1 aliphatic heterocycles. The number of benzene rings is 1. The molecule has 1 fully saturated rings. The number of halogens is 2. The maximum Gasteiger partial charge on any atom is 0.263 e. The van der Waals surface area contributed by atoms with Gasteiger partial charge < -0.3 is 0 Å². The van der Waals surface area contributed by atoms with Gasteiger partial charge in [-0.25, -0.2) is 8.78 Å². The molecule has 102 valence electrons. The molecule has 1 aromatic rings. The zero-order chi connectivity index (χ0) is 14.0. The van der Waals surface area contributed by atoms with Crippen molar-refractivity contribution in [2.45, 2.75) is 26.2 Å². The largest absolute Gasteiger partial charge is 0.278 e. The highest BCUT2D eigenvalue weighted by atomic mass is 19.2. The van der Waals surface area contributed by atoms with Gasteiger partial charge in [-0.1, -0.05) is 19.4 Å². The predicted octanol–water partition coefficient (Wildman–Crippen LogP) is 2.75. The van der Waals surface area contributed by atoms with Gasteiger partial charge in [0.1, 0.15) is 0 Å². The molecule has 2 amide bonds. The number of carbonyl (C=O) groups excluding carboxylic acids is 2. The zero-order valence-electron chi connectivity index (χ0n) is 10.7. The number of nitrogens with zero attached hydrogens (tertiary/aromatic N) is 1. The summed E-state index contributed by atoms with van der Waals surface area (Å²) in [7, 11) is 0. The summed E-state index contributed by atoms with van der Waals surface area (Å²) in [6, 6.07) is 3.40. The van der Waals surface area contributed by atoms with Gasteiger partial charge in [-0.3, -0.25) is 14.5 Å². The Bertz CT molecular complexity index is 516. The number of imide groups is 1. The number of hydrogen-bond donors (Lipinski definition) is 0. The molecular weight excluding hydrogens is 252 g/mol. The van der Waals surface area contributed by atoms with Crippen molar-refractivity contribution in [3.63, 3.8) is 0 Å². The van der Waals surface area contributed by atoms with Gasteiger partial charge in [0.2, 0.25) is 5.91 Å². The molecule has 3 nitrogen and oxygen atoms in total. The first-order valence-corrected chi connectivity index (χ1v) is 6.33. The van der Waals surface area contributed by atoms with E-state index in [1.165, 1.54) is 12.1 Å². The highest BCUT2D eigenvalue weighted by molar-refractivity contribution is 6.05. The lowest BCUT2D eigenvalue weighted by Gasteiger charge is -2.15. The van der Waals surface area contributed by atoms with Crippen LogP contribution in [0.4, 0.5) is 8.78 Å². The van der Waals surface area contributed by atoms with Crippen LogP contribution in [0.5, 0.6) is 0 Å². The van der Waals surface area contributed by atoms with Gasteiger partial charge in [0.05, 0.1) is 5.56 Å². The minimum atomic E-state index is -1.20. The number of rotatable bonds is 3. The molecule has 5 heteroatoms. The number of carbonyl (C=O) groups is 2. The van der Waals surface area contributed by atoms with Crippen LogP contribution in [0.2, 0.25) is 0 Å². The highest BCUT2D eigenvalue weighted by Crippen LogP contribution is 2.24. The Morgan fingerprint density at radius 2 is 2.16 bits per heavy atom. The molecule has 0 spiro atoms. The lowest BCUT2D eigenvalue weighted by molar-refractivity contribution is -0.125. The summed E-state index contributed by atoms with van der Waals surface area (Å²) >= 11 is 0. The molecular formula is C14H15F2NO2. The number of likely N-dealkylation sites (tertiary alicyclic amines) is 1. The standard InChI is InChI=1S/C14H15F2NO2/c1-2-4-9-7-12(18)17(8-9)14(19)10-5-3-6-11(15)13(10)16/h3,5-6,9H,2,4,7-8H2,1H3. The molecule has 1 saturated heterocycles. The lowest BCUT2D eigenvalue weighted by atomic mass is 10.0. The fraction of sp³-hybridized carbons (Fsp3) is 0.429. The summed E-state index contributed by atoms with van der Waals surface area (Å²) in [5.74, 6) is -3.22. The Labute approximate surface area is 110 Å². The van der Waals surface area contributed by atoms with E-state index in [9.17, 15) is 18.4 Å². The topological polar surface area (TPSA) is 37.4 Å². The third-order valence-electron chi connectivity index (χ3n) is 3.33. The van der Waals surface area contributed by atoms with E-state index in [2.05, 4.69) is 0 Å². The summed E-state index contributed by atoms with van der Waals surface area (Å²) in [6.45, 7) is 2.29. The maximum atomic E-state index is 13.5. The Morgan fingerprint density at radius 1 is 1.42 bits per heavy atom. The summed E-state index contributed by atoms with van der Waals surface area (Å²) in [5.41, 5.74) is -0.384. The van der Waals surface area contributed by atoms with Crippen LogP contribution in [-0.4, -0.2) is 23.3 Å². The quantitative estimate of drug-likeness (QED) is 0.790. The van der Waals surface area contributed by atoms with E-state index in [4.69, 9.17) is 0 Å². The smallest absolute Gasteiger partial charge is 0.263 e. The van der Waals surface area contributed by atoms with Gasteiger partial charge in [0.25, 0.3) is 5.91 Å². The molecule has 0 N–H and O–H groups in total. The number of hydrogen-bond acceptors (Lipinski definition) is 2. The van der Waals surface area contributed by atoms with Crippen LogP contribution >= 0.6 is 0 Å². The van der Waals surface area contributed by atoms with Crippen molar-refractivity contribution < 1.29 is 18.4 Å². The van der Waals surface area contributed by atoms with Crippen LogP contribution < -0.4 is 0 Å². The van der Waals surface area contributed by atoms with Gasteiger partial charge in [-0.2, -0.15) is 0 Å². The maximum absolute atomic E-state index is 13.5. The molecule has 1 atom stereocenters. The molecule has 1 heterocycles. The SMILES string of the molecule is CCCC1CC(=O)N(C(=O)c2cccc(F)c2F)C1. The average molecular weight is 267 g/mol. The third-order valence-corrected chi connectivity index (χ3v) is 3.33. The predicted molar refractivity (Wildman–Crippen MR) is 65.4 cm³/mol. The molecule has 0 saturated carbocycles. The summed E-state index contributed by atoms with van der Waals surface area (Å²) < 4.78 is 26.6. The molecule has 1 unspecified atom stereocenters. The first-order chi connectivity index (χ1) is 9.04. The molecule has 0 aliphatic carbocycles.